The third kappa shape index (κ3) is 4.02. The Bertz CT molecular complexity index is 819. The Morgan fingerprint density at radius 1 is 1.04 bits per heavy atom. The number of nitrogens with zero attached hydrogens (tertiary/aromatic N) is 1. The predicted molar refractivity (Wildman–Crippen MR) is 86.6 cm³/mol. The topological polar surface area (TPSA) is 90.8 Å². The highest BCUT2D eigenvalue weighted by Gasteiger charge is 2.08. The number of benzene rings is 2. The summed E-state index contributed by atoms with van der Waals surface area (Å²) in [5, 5.41) is 12.2. The highest BCUT2D eigenvalue weighted by Crippen LogP contribution is 2.10. The van der Waals surface area contributed by atoms with Crippen LogP contribution in [0.5, 0.6) is 0 Å². The Morgan fingerprint density at radius 2 is 1.71 bits per heavy atom. The Balaban J connectivity index is 2.07. The maximum atomic E-state index is 13.8. The molecule has 0 aromatic heterocycles. The molecule has 2 aromatic rings. The Hall–Kier alpha value is -3.06. The van der Waals surface area contributed by atoms with E-state index in [1.54, 1.807) is 12.1 Å². The fourth-order valence-corrected chi connectivity index (χ4v) is 1.95. The van der Waals surface area contributed by atoms with Crippen LogP contribution in [-0.4, -0.2) is 23.2 Å². The van der Waals surface area contributed by atoms with Crippen molar-refractivity contribution in [1.29, 1.82) is 0 Å². The summed E-state index contributed by atoms with van der Waals surface area (Å²) in [7, 11) is 0. The van der Waals surface area contributed by atoms with Crippen LogP contribution in [0.25, 0.3) is 0 Å². The summed E-state index contributed by atoms with van der Waals surface area (Å²) in [5.41, 5.74) is 6.29. The molecule has 0 radical (unpaired) electrons. The van der Waals surface area contributed by atoms with Crippen molar-refractivity contribution in [2.75, 3.05) is 0 Å². The molecule has 0 saturated carbocycles. The molecule has 0 spiro atoms. The number of hydroxylamine groups is 1. The molecule has 0 heterocycles. The van der Waals surface area contributed by atoms with Gasteiger partial charge < -0.3 is 0 Å². The van der Waals surface area contributed by atoms with Crippen LogP contribution in [0.1, 0.15) is 37.4 Å². The zero-order chi connectivity index (χ0) is 17.7. The van der Waals surface area contributed by atoms with E-state index in [4.69, 9.17) is 5.21 Å². The Labute approximate surface area is 138 Å². The molecule has 0 saturated heterocycles. The number of amides is 2. The van der Waals surface area contributed by atoms with Crippen molar-refractivity contribution in [2.45, 2.75) is 13.8 Å². The molecule has 0 unspecified atom stereocenters. The van der Waals surface area contributed by atoms with Crippen molar-refractivity contribution in [3.63, 3.8) is 0 Å². The van der Waals surface area contributed by atoms with Gasteiger partial charge in [0.1, 0.15) is 5.82 Å². The first-order valence-corrected chi connectivity index (χ1v) is 7.07. The molecule has 6 nitrogen and oxygen atoms in total. The lowest BCUT2D eigenvalue weighted by Gasteiger charge is -2.04. The predicted octanol–water partition coefficient (Wildman–Crippen LogP) is 2.33. The Kier molecular flexibility index (Phi) is 5.39. The van der Waals surface area contributed by atoms with Gasteiger partial charge in [0.25, 0.3) is 11.8 Å². The minimum Gasteiger partial charge on any atom is -0.288 e. The number of rotatable bonds is 4. The van der Waals surface area contributed by atoms with E-state index in [2.05, 4.69) is 10.5 Å². The number of hydrogen-bond acceptors (Lipinski definition) is 4. The maximum absolute atomic E-state index is 13.8. The van der Waals surface area contributed by atoms with E-state index >= 15 is 0 Å². The Morgan fingerprint density at radius 3 is 2.33 bits per heavy atom. The molecular weight excluding hydrogens is 313 g/mol. The molecule has 2 aromatic carbocycles. The number of aryl methyl sites for hydroxylation is 2. The molecule has 0 aliphatic rings. The summed E-state index contributed by atoms with van der Waals surface area (Å²) in [5.74, 6) is -1.94. The van der Waals surface area contributed by atoms with E-state index in [1.807, 2.05) is 19.9 Å². The molecule has 0 aliphatic carbocycles. The van der Waals surface area contributed by atoms with Gasteiger partial charge in [-0.1, -0.05) is 6.07 Å². The molecule has 2 rings (SSSR count). The average Bonchev–Trinajstić information content (AvgIpc) is 2.57. The molecule has 7 heteroatoms. The lowest BCUT2D eigenvalue weighted by atomic mass is 10.1. The van der Waals surface area contributed by atoms with Gasteiger partial charge in [0, 0.05) is 16.7 Å². The van der Waals surface area contributed by atoms with Gasteiger partial charge in [-0.2, -0.15) is 5.10 Å². The number of carbonyl (C=O) groups is 2. The summed E-state index contributed by atoms with van der Waals surface area (Å²) >= 11 is 0. The van der Waals surface area contributed by atoms with Gasteiger partial charge >= 0.3 is 0 Å². The van der Waals surface area contributed by atoms with Gasteiger partial charge in [0.05, 0.1) is 6.21 Å². The van der Waals surface area contributed by atoms with E-state index in [1.165, 1.54) is 17.6 Å². The van der Waals surface area contributed by atoms with Crippen LogP contribution in [0.2, 0.25) is 0 Å². The van der Waals surface area contributed by atoms with E-state index in [0.717, 1.165) is 23.4 Å². The fraction of sp³-hybridized carbons (Fsp3) is 0.118. The van der Waals surface area contributed by atoms with E-state index in [0.29, 0.717) is 5.56 Å². The van der Waals surface area contributed by atoms with E-state index < -0.39 is 17.6 Å². The highest BCUT2D eigenvalue weighted by molar-refractivity contribution is 5.96. The number of nitrogens with one attached hydrogen (secondary N) is 2. The van der Waals surface area contributed by atoms with Crippen LogP contribution in [0.15, 0.2) is 41.5 Å². The zero-order valence-electron chi connectivity index (χ0n) is 13.1. The largest absolute Gasteiger partial charge is 0.288 e. The molecular formula is C17H16FN3O3. The third-order valence-corrected chi connectivity index (χ3v) is 3.50. The summed E-state index contributed by atoms with van der Waals surface area (Å²) < 4.78 is 13.8. The maximum Gasteiger partial charge on any atom is 0.274 e. The van der Waals surface area contributed by atoms with Crippen LogP contribution in [-0.2, 0) is 0 Å². The van der Waals surface area contributed by atoms with Crippen LogP contribution in [0.4, 0.5) is 4.39 Å². The normalized spacial score (nSPS) is 10.7. The van der Waals surface area contributed by atoms with Crippen LogP contribution in [0.3, 0.4) is 0 Å². The lowest BCUT2D eigenvalue weighted by molar-refractivity contribution is 0.0706. The minimum atomic E-state index is -0.819. The zero-order valence-corrected chi connectivity index (χ0v) is 13.1. The lowest BCUT2D eigenvalue weighted by Crippen LogP contribution is -2.19. The van der Waals surface area contributed by atoms with Gasteiger partial charge in [-0.25, -0.2) is 15.3 Å². The number of halogens is 1. The quantitative estimate of drug-likeness (QED) is 0.457. The highest BCUT2D eigenvalue weighted by atomic mass is 19.1. The molecule has 3 N–H and O–H groups in total. The van der Waals surface area contributed by atoms with Crippen molar-refractivity contribution < 1.29 is 19.2 Å². The SMILES string of the molecule is Cc1ccc(C(=O)N/N=C/c2ccc(C(=O)NO)cc2F)cc1C. The van der Waals surface area contributed by atoms with Gasteiger partial charge in [0.15, 0.2) is 0 Å². The van der Waals surface area contributed by atoms with Crippen LogP contribution >= 0.6 is 0 Å². The van der Waals surface area contributed by atoms with Gasteiger partial charge in [-0.3, -0.25) is 14.8 Å². The standard InChI is InChI=1S/C17H16FN3O3/c1-10-3-4-12(7-11(10)2)16(22)20-19-9-14-6-5-13(8-15(14)18)17(23)21-24/h3-9,24H,1-2H3,(H,20,22)(H,21,23)/b19-9+. The first-order valence-electron chi connectivity index (χ1n) is 7.07. The van der Waals surface area contributed by atoms with Crippen molar-refractivity contribution >= 4 is 18.0 Å². The third-order valence-electron chi connectivity index (χ3n) is 3.50. The monoisotopic (exact) mass is 329 g/mol. The van der Waals surface area contributed by atoms with Gasteiger partial charge in [-0.05, 0) is 55.3 Å². The van der Waals surface area contributed by atoms with E-state index in [9.17, 15) is 14.0 Å². The number of hydrogen-bond donors (Lipinski definition) is 3. The smallest absolute Gasteiger partial charge is 0.274 e. The first kappa shape index (κ1) is 17.3. The van der Waals surface area contributed by atoms with Crippen LogP contribution in [0, 0.1) is 19.7 Å². The molecule has 0 fully saturated rings. The first-order chi connectivity index (χ1) is 11.4. The summed E-state index contributed by atoms with van der Waals surface area (Å²) in [4.78, 5) is 23.1. The minimum absolute atomic E-state index is 0.0358. The molecule has 0 aliphatic heterocycles. The second-order valence-electron chi connectivity index (χ2n) is 5.18. The summed E-state index contributed by atoms with van der Waals surface area (Å²) in [6.07, 6.45) is 1.13. The van der Waals surface area contributed by atoms with E-state index in [-0.39, 0.29) is 11.1 Å². The number of carbonyl (C=O) groups excluding carboxylic acids is 2. The van der Waals surface area contributed by atoms with Crippen molar-refractivity contribution in [2.24, 2.45) is 5.10 Å². The molecule has 24 heavy (non-hydrogen) atoms. The summed E-state index contributed by atoms with van der Waals surface area (Å²) in [6.45, 7) is 3.84. The molecule has 124 valence electrons. The number of hydrazone groups is 1. The van der Waals surface area contributed by atoms with Crippen molar-refractivity contribution in [3.8, 4) is 0 Å². The van der Waals surface area contributed by atoms with Gasteiger partial charge in [-0.15, -0.1) is 0 Å². The summed E-state index contributed by atoms with van der Waals surface area (Å²) in [6, 6.07) is 8.84. The fourth-order valence-electron chi connectivity index (χ4n) is 1.95. The average molecular weight is 329 g/mol. The van der Waals surface area contributed by atoms with Crippen molar-refractivity contribution in [1.82, 2.24) is 10.9 Å². The van der Waals surface area contributed by atoms with Gasteiger partial charge in [0.2, 0.25) is 0 Å². The second-order valence-corrected chi connectivity index (χ2v) is 5.18. The molecule has 2 amide bonds. The van der Waals surface area contributed by atoms with Crippen LogP contribution < -0.4 is 10.9 Å². The van der Waals surface area contributed by atoms with Crippen molar-refractivity contribution in [3.05, 3.63) is 70.0 Å². The molecule has 0 atom stereocenters. The second kappa shape index (κ2) is 7.47. The molecule has 0 bridgehead atoms.